The first-order valence-corrected chi connectivity index (χ1v) is 28.6. The molecule has 0 aromatic carbocycles. The van der Waals surface area contributed by atoms with Gasteiger partial charge in [0.05, 0.1) is 17.3 Å². The smallest absolute Gasteiger partial charge is 0.127 e. The minimum Gasteiger partial charge on any atom is -0.360 e. The fourth-order valence-corrected chi connectivity index (χ4v) is 18.7. The highest BCUT2D eigenvalue weighted by molar-refractivity contribution is 6.00. The fourth-order valence-electron chi connectivity index (χ4n) is 18.7. The summed E-state index contributed by atoms with van der Waals surface area (Å²) < 4.78 is 8.17. The highest BCUT2D eigenvalue weighted by Gasteiger charge is 2.74. The lowest BCUT2D eigenvalue weighted by Crippen LogP contribution is -2.65. The maximum absolute atomic E-state index is 8.17. The van der Waals surface area contributed by atoms with Gasteiger partial charge in [0.25, 0.3) is 0 Å². The molecule has 4 bridgehead atoms. The van der Waals surface area contributed by atoms with Crippen molar-refractivity contribution in [3.63, 3.8) is 0 Å². The second kappa shape index (κ2) is 14.3. The van der Waals surface area contributed by atoms with Gasteiger partial charge in [-0.15, -0.1) is 0 Å². The first-order chi connectivity index (χ1) is 33.9. The van der Waals surface area contributed by atoms with E-state index in [9.17, 15) is 0 Å². The van der Waals surface area contributed by atoms with Crippen LogP contribution in [0.4, 0.5) is 0 Å². The summed E-state index contributed by atoms with van der Waals surface area (Å²) in [5.41, 5.74) is 16.4. The monoisotopic (exact) mass is 929 g/mol. The second-order valence-corrected chi connectivity index (χ2v) is 26.8. The van der Waals surface area contributed by atoms with Gasteiger partial charge >= 0.3 is 0 Å². The van der Waals surface area contributed by atoms with E-state index in [-0.39, 0.29) is 40.4 Å². The zero-order valence-corrected chi connectivity index (χ0v) is 42.8. The largest absolute Gasteiger partial charge is 0.360 e. The van der Waals surface area contributed by atoms with Crippen LogP contribution in [0.25, 0.3) is 0 Å². The molecule has 0 aromatic rings. The Labute approximate surface area is 418 Å². The van der Waals surface area contributed by atoms with Gasteiger partial charge in [0, 0.05) is 46.4 Å². The Kier molecular flexibility index (Phi) is 8.65. The number of fused-ring (bicyclic) bond motifs is 10. The van der Waals surface area contributed by atoms with Gasteiger partial charge in [-0.1, -0.05) is 118 Å². The summed E-state index contributed by atoms with van der Waals surface area (Å²) in [7, 11) is 0. The third-order valence-electron chi connectivity index (χ3n) is 23.0. The number of nitrogens with one attached hydrogen (secondary N) is 2. The van der Waals surface area contributed by atoms with Crippen LogP contribution in [0.1, 0.15) is 125 Å². The minimum atomic E-state index is -0.354. The summed E-state index contributed by atoms with van der Waals surface area (Å²) in [6.45, 7) is 15.1. The molecule has 0 aromatic heterocycles. The predicted octanol–water partition coefficient (Wildman–Crippen LogP) is 13.4. The van der Waals surface area contributed by atoms with Crippen LogP contribution >= 0.6 is 0 Å². The molecule has 5 nitrogen and oxygen atoms in total. The lowest BCUT2D eigenvalue weighted by atomic mass is 9.60. The van der Waals surface area contributed by atoms with E-state index in [1.165, 1.54) is 72.9 Å². The van der Waals surface area contributed by atoms with Crippen LogP contribution in [0, 0.1) is 82.3 Å². The molecule has 362 valence electrons. The average Bonchev–Trinajstić information content (AvgIpc) is 3.76. The van der Waals surface area contributed by atoms with Gasteiger partial charge in [-0.3, -0.25) is 5.32 Å². The average molecular weight is 929 g/mol. The molecule has 19 atom stereocenters. The van der Waals surface area contributed by atoms with Crippen LogP contribution in [0.5, 0.6) is 0 Å². The summed E-state index contributed by atoms with van der Waals surface area (Å²) in [6.07, 6.45) is 54.4. The van der Waals surface area contributed by atoms with Gasteiger partial charge in [0.2, 0.25) is 0 Å². The number of allylic oxidation sites excluding steroid dienone is 18. The lowest BCUT2D eigenvalue weighted by Gasteiger charge is -2.55. The molecule has 5 fully saturated rings. The maximum atomic E-state index is 8.17. The number of ether oxygens (including phenoxy) is 1. The molecular weight excluding hydrogens is 853 g/mol. The SMILES string of the molecule is CC1C=C(C2=CC3CCC2C3)C=C(C2=NC(C3=CC=C(C4CC5C=C6C7C=CC8C9=C(CC(C)C=C9)N(C9=C%10CC%10C=C9)C8(C)C7(C)OC64C5)CC3)NC(C3(C)CC=CC(C4=CC5CC5C4)C3C)N2)C1. The Balaban J connectivity index is 0.730. The van der Waals surface area contributed by atoms with E-state index in [1.807, 2.05) is 0 Å². The molecule has 5 heteroatoms. The first-order valence-electron chi connectivity index (χ1n) is 28.6. The van der Waals surface area contributed by atoms with Crippen LogP contribution in [-0.2, 0) is 4.74 Å². The number of hydrogen-bond donors (Lipinski definition) is 2. The molecule has 3 aliphatic heterocycles. The summed E-state index contributed by atoms with van der Waals surface area (Å²) in [4.78, 5) is 8.63. The van der Waals surface area contributed by atoms with E-state index in [0.717, 1.165) is 68.0 Å². The Bertz CT molecular complexity index is 2900. The van der Waals surface area contributed by atoms with Crippen molar-refractivity contribution in [1.82, 2.24) is 15.5 Å². The first kappa shape index (κ1) is 42.3. The zero-order chi connectivity index (χ0) is 46.8. The summed E-state index contributed by atoms with van der Waals surface area (Å²) in [5, 5.41) is 8.46. The normalized spacial score (nSPS) is 50.1. The molecule has 19 unspecified atom stereocenters. The molecule has 0 radical (unpaired) electrons. The van der Waals surface area contributed by atoms with Crippen molar-refractivity contribution < 1.29 is 4.74 Å². The molecule has 16 rings (SSSR count). The van der Waals surface area contributed by atoms with E-state index in [0.29, 0.717) is 47.3 Å². The molecule has 3 heterocycles. The Hall–Kier alpha value is -4.19. The summed E-state index contributed by atoms with van der Waals surface area (Å²) in [5.74, 6) is 8.83. The third kappa shape index (κ3) is 5.66. The minimum absolute atomic E-state index is 0.0287. The van der Waals surface area contributed by atoms with Crippen molar-refractivity contribution >= 4 is 5.84 Å². The third-order valence-corrected chi connectivity index (χ3v) is 23.0. The van der Waals surface area contributed by atoms with Crippen LogP contribution in [0.15, 0.2) is 158 Å². The van der Waals surface area contributed by atoms with E-state index < -0.39 is 0 Å². The Morgan fingerprint density at radius 2 is 1.66 bits per heavy atom. The van der Waals surface area contributed by atoms with Crippen LogP contribution in [0.3, 0.4) is 0 Å². The van der Waals surface area contributed by atoms with Gasteiger partial charge in [-0.05, 0) is 196 Å². The van der Waals surface area contributed by atoms with Gasteiger partial charge in [-0.2, -0.15) is 0 Å². The molecule has 4 saturated carbocycles. The lowest BCUT2D eigenvalue weighted by molar-refractivity contribution is -0.172. The topological polar surface area (TPSA) is 48.9 Å². The number of rotatable bonds is 7. The van der Waals surface area contributed by atoms with Gasteiger partial charge in [0.1, 0.15) is 17.6 Å². The van der Waals surface area contributed by atoms with E-state index in [2.05, 4.69) is 148 Å². The second-order valence-electron chi connectivity index (χ2n) is 26.8. The van der Waals surface area contributed by atoms with E-state index in [4.69, 9.17) is 9.73 Å². The standard InChI is InChI=1S/C65H76N4O/c1-35-9-17-50-53-18-19-54-56-28-39-27-55(65(56,34-39)70-64(54,6)63(53,5)69(58(50)24-35)57-20-16-43-33-52(43)57)40-12-14-41(15-13-40)59-66-60(48-23-36(2)22-46(32-48)51-26-38-10-11-42(51)25-38)68-61(67-59)62(4)21-7-8-49(37(62)3)47-30-44-29-45(44)31-47/h7-9,12,14,16-20,22,26,28,30,32,35-39,42-45,49,53-55,59,61,67H,10-11,13,15,21,23-25,27,29,31,33-34H2,1-6H3,(H,66,68). The number of nitrogens with zero attached hydrogens (tertiary/aromatic N) is 2. The van der Waals surface area contributed by atoms with Crippen molar-refractivity contribution in [1.29, 1.82) is 0 Å². The Morgan fingerprint density at radius 1 is 0.786 bits per heavy atom. The van der Waals surface area contributed by atoms with Crippen LogP contribution < -0.4 is 10.6 Å². The quantitative estimate of drug-likeness (QED) is 0.250. The number of aliphatic imine (C=N–C) groups is 1. The van der Waals surface area contributed by atoms with Gasteiger partial charge in [-0.25, -0.2) is 4.99 Å². The van der Waals surface area contributed by atoms with Gasteiger partial charge in [0.15, 0.2) is 0 Å². The summed E-state index contributed by atoms with van der Waals surface area (Å²) >= 11 is 0. The summed E-state index contributed by atoms with van der Waals surface area (Å²) in [6, 6.07) is 0. The molecule has 1 spiro atoms. The van der Waals surface area contributed by atoms with Gasteiger partial charge < -0.3 is 15.0 Å². The number of amidine groups is 1. The maximum Gasteiger partial charge on any atom is 0.127 e. The highest BCUT2D eigenvalue weighted by atomic mass is 16.5. The zero-order valence-electron chi connectivity index (χ0n) is 42.8. The molecule has 1 saturated heterocycles. The van der Waals surface area contributed by atoms with Crippen molar-refractivity contribution in [3.8, 4) is 0 Å². The highest BCUT2D eigenvalue weighted by Crippen LogP contribution is 2.72. The molecule has 13 aliphatic carbocycles. The van der Waals surface area contributed by atoms with Crippen molar-refractivity contribution in [2.75, 3.05) is 0 Å². The van der Waals surface area contributed by atoms with Crippen molar-refractivity contribution in [3.05, 3.63) is 153 Å². The number of hydrogen-bond acceptors (Lipinski definition) is 5. The van der Waals surface area contributed by atoms with Crippen LogP contribution in [-0.4, -0.2) is 39.8 Å². The molecule has 0 amide bonds. The van der Waals surface area contributed by atoms with E-state index >= 15 is 0 Å². The van der Waals surface area contributed by atoms with Crippen molar-refractivity contribution in [2.24, 2.45) is 87.3 Å². The van der Waals surface area contributed by atoms with Crippen molar-refractivity contribution in [2.45, 2.75) is 154 Å². The molecule has 70 heavy (non-hydrogen) atoms. The van der Waals surface area contributed by atoms with Crippen LogP contribution in [0.2, 0.25) is 0 Å². The predicted molar refractivity (Wildman–Crippen MR) is 281 cm³/mol. The molecule has 2 N–H and O–H groups in total. The molecule has 16 aliphatic rings. The van der Waals surface area contributed by atoms with E-state index in [1.54, 1.807) is 33.6 Å². The fraction of sp³-hybridized carbons (Fsp3) is 0.585. The molecular formula is C65H76N4O. The Morgan fingerprint density at radius 3 is 2.43 bits per heavy atom.